The zero-order chi connectivity index (χ0) is 20.3. The molecule has 28 heavy (non-hydrogen) atoms. The molecule has 0 radical (unpaired) electrons. The Morgan fingerprint density at radius 1 is 1.18 bits per heavy atom. The van der Waals surface area contributed by atoms with E-state index in [1.807, 2.05) is 26.0 Å². The van der Waals surface area contributed by atoms with Crippen LogP contribution >= 0.6 is 11.3 Å². The van der Waals surface area contributed by atoms with E-state index in [0.717, 1.165) is 17.0 Å². The Kier molecular flexibility index (Phi) is 6.31. The van der Waals surface area contributed by atoms with Crippen LogP contribution in [0.15, 0.2) is 28.6 Å². The van der Waals surface area contributed by atoms with Crippen LogP contribution in [0.4, 0.5) is 10.8 Å². The number of benzene rings is 1. The number of aryl methyl sites for hydroxylation is 1. The highest BCUT2D eigenvalue weighted by Gasteiger charge is 2.32. The number of nitrogens with one attached hydrogen (secondary N) is 1. The average Bonchev–Trinajstić information content (AvgIpc) is 3.11. The standard InChI is InChI=1S/C18H25N5O3S2/c1-13(2)12-16(24)19-17-20-21-18(27-17)28(25,26)23-10-8-22(9-11-23)15-7-5-4-6-14(15)3/h4-7,13H,8-12H2,1-3H3,(H,19,20,24). The third-order valence-corrected chi connectivity index (χ3v) is 7.58. The topological polar surface area (TPSA) is 95.5 Å². The van der Waals surface area contributed by atoms with Gasteiger partial charge in [0.2, 0.25) is 15.4 Å². The first-order valence-corrected chi connectivity index (χ1v) is 11.5. The molecule has 0 unspecified atom stereocenters. The molecule has 0 saturated carbocycles. The summed E-state index contributed by atoms with van der Waals surface area (Å²) in [6, 6.07) is 8.08. The van der Waals surface area contributed by atoms with Gasteiger partial charge in [0.1, 0.15) is 0 Å². The Morgan fingerprint density at radius 3 is 2.50 bits per heavy atom. The van der Waals surface area contributed by atoms with Crippen LogP contribution in [0.3, 0.4) is 0 Å². The maximum absolute atomic E-state index is 12.9. The summed E-state index contributed by atoms with van der Waals surface area (Å²) in [5, 5.41) is 10.4. The van der Waals surface area contributed by atoms with Crippen molar-refractivity contribution in [1.29, 1.82) is 0 Å². The van der Waals surface area contributed by atoms with Crippen LogP contribution in [0.5, 0.6) is 0 Å². The van der Waals surface area contributed by atoms with Crippen molar-refractivity contribution in [2.45, 2.75) is 31.5 Å². The number of sulfonamides is 1. The fourth-order valence-corrected chi connectivity index (χ4v) is 5.58. The quantitative estimate of drug-likeness (QED) is 0.717. The molecule has 1 amide bonds. The summed E-state index contributed by atoms with van der Waals surface area (Å²) in [5.41, 5.74) is 2.30. The lowest BCUT2D eigenvalue weighted by Gasteiger charge is -2.35. The van der Waals surface area contributed by atoms with Gasteiger partial charge in [-0.1, -0.05) is 43.4 Å². The molecule has 152 valence electrons. The molecule has 0 bridgehead atoms. The van der Waals surface area contributed by atoms with Gasteiger partial charge >= 0.3 is 0 Å². The smallest absolute Gasteiger partial charge is 0.272 e. The van der Waals surface area contributed by atoms with Crippen LogP contribution in [0.2, 0.25) is 0 Å². The molecule has 0 atom stereocenters. The van der Waals surface area contributed by atoms with Gasteiger partial charge in [0, 0.05) is 38.3 Å². The zero-order valence-electron chi connectivity index (χ0n) is 16.3. The minimum atomic E-state index is -3.72. The lowest BCUT2D eigenvalue weighted by atomic mass is 10.1. The lowest BCUT2D eigenvalue weighted by Crippen LogP contribution is -2.48. The van der Waals surface area contributed by atoms with Crippen LogP contribution in [-0.4, -0.2) is 55.0 Å². The van der Waals surface area contributed by atoms with Crippen molar-refractivity contribution in [3.05, 3.63) is 29.8 Å². The summed E-state index contributed by atoms with van der Waals surface area (Å²) < 4.78 is 27.1. The molecule has 1 saturated heterocycles. The van der Waals surface area contributed by atoms with Gasteiger partial charge in [0.05, 0.1) is 0 Å². The van der Waals surface area contributed by atoms with Crippen molar-refractivity contribution in [2.75, 3.05) is 36.4 Å². The number of nitrogens with zero attached hydrogens (tertiary/aromatic N) is 4. The number of carbonyl (C=O) groups excluding carboxylic acids is 1. The summed E-state index contributed by atoms with van der Waals surface area (Å²) in [5.74, 6) is 0.0163. The van der Waals surface area contributed by atoms with Crippen molar-refractivity contribution in [3.63, 3.8) is 0 Å². The minimum Gasteiger partial charge on any atom is -0.369 e. The Balaban J connectivity index is 1.64. The fourth-order valence-electron chi connectivity index (χ4n) is 3.10. The minimum absolute atomic E-state index is 0.0864. The Labute approximate surface area is 169 Å². The highest BCUT2D eigenvalue weighted by atomic mass is 32.2. The third kappa shape index (κ3) is 4.68. The molecule has 2 aromatic rings. The highest BCUT2D eigenvalue weighted by molar-refractivity contribution is 7.91. The van der Waals surface area contributed by atoms with E-state index >= 15 is 0 Å². The third-order valence-electron chi connectivity index (χ3n) is 4.50. The Hall–Kier alpha value is -2.04. The number of aromatic nitrogens is 2. The summed E-state index contributed by atoms with van der Waals surface area (Å²) in [6.07, 6.45) is 0.350. The number of hydrogen-bond donors (Lipinski definition) is 1. The highest BCUT2D eigenvalue weighted by Crippen LogP contribution is 2.26. The number of para-hydroxylation sites is 1. The van der Waals surface area contributed by atoms with Gasteiger partial charge in [-0.2, -0.15) is 4.31 Å². The number of anilines is 2. The molecule has 1 aromatic carbocycles. The van der Waals surface area contributed by atoms with Crippen LogP contribution in [0.25, 0.3) is 0 Å². The molecule has 10 heteroatoms. The molecule has 3 rings (SSSR count). The second-order valence-electron chi connectivity index (χ2n) is 7.20. The summed E-state index contributed by atoms with van der Waals surface area (Å²) in [6.45, 7) is 7.91. The molecular formula is C18H25N5O3S2. The van der Waals surface area contributed by atoms with Crippen molar-refractivity contribution in [1.82, 2.24) is 14.5 Å². The zero-order valence-corrected chi connectivity index (χ0v) is 17.9. The largest absolute Gasteiger partial charge is 0.369 e. The van der Waals surface area contributed by atoms with Gasteiger partial charge in [-0.25, -0.2) is 8.42 Å². The van der Waals surface area contributed by atoms with Gasteiger partial charge in [-0.15, -0.1) is 10.2 Å². The fraction of sp³-hybridized carbons (Fsp3) is 0.500. The van der Waals surface area contributed by atoms with Crippen molar-refractivity contribution in [3.8, 4) is 0 Å². The molecule has 1 aliphatic rings. The SMILES string of the molecule is Cc1ccccc1N1CCN(S(=O)(=O)c2nnc(NC(=O)CC(C)C)s2)CC1. The maximum atomic E-state index is 12.9. The number of amides is 1. The van der Waals surface area contributed by atoms with Gasteiger partial charge < -0.3 is 10.2 Å². The number of piperazine rings is 1. The van der Waals surface area contributed by atoms with Crippen LogP contribution in [0.1, 0.15) is 25.8 Å². The van der Waals surface area contributed by atoms with Crippen LogP contribution in [0, 0.1) is 12.8 Å². The van der Waals surface area contributed by atoms with Gasteiger partial charge in [0.25, 0.3) is 10.0 Å². The second kappa shape index (κ2) is 8.54. The second-order valence-corrected chi connectivity index (χ2v) is 10.3. The monoisotopic (exact) mass is 423 g/mol. The molecule has 8 nitrogen and oxygen atoms in total. The van der Waals surface area contributed by atoms with Gasteiger partial charge in [0.15, 0.2) is 0 Å². The molecular weight excluding hydrogens is 398 g/mol. The van der Waals surface area contributed by atoms with E-state index in [4.69, 9.17) is 0 Å². The first kappa shape index (κ1) is 20.7. The molecule has 0 spiro atoms. The number of rotatable bonds is 6. The van der Waals surface area contributed by atoms with E-state index < -0.39 is 10.0 Å². The van der Waals surface area contributed by atoms with E-state index in [9.17, 15) is 13.2 Å². The number of carbonyl (C=O) groups is 1. The molecule has 1 aromatic heterocycles. The van der Waals surface area contributed by atoms with E-state index in [0.29, 0.717) is 32.6 Å². The average molecular weight is 424 g/mol. The lowest BCUT2D eigenvalue weighted by molar-refractivity contribution is -0.116. The van der Waals surface area contributed by atoms with Crippen molar-refractivity contribution in [2.24, 2.45) is 5.92 Å². The van der Waals surface area contributed by atoms with Crippen LogP contribution in [-0.2, 0) is 14.8 Å². The normalized spacial score (nSPS) is 15.8. The van der Waals surface area contributed by atoms with Gasteiger partial charge in [-0.05, 0) is 24.5 Å². The van der Waals surface area contributed by atoms with E-state index in [-0.39, 0.29) is 21.3 Å². The first-order chi connectivity index (χ1) is 13.3. The van der Waals surface area contributed by atoms with E-state index in [2.05, 4.69) is 39.5 Å². The van der Waals surface area contributed by atoms with Gasteiger partial charge in [-0.3, -0.25) is 4.79 Å². The summed E-state index contributed by atoms with van der Waals surface area (Å²) >= 11 is 0.891. The first-order valence-electron chi connectivity index (χ1n) is 9.21. The Bertz CT molecular complexity index is 934. The molecule has 0 aliphatic carbocycles. The summed E-state index contributed by atoms with van der Waals surface area (Å²) in [4.78, 5) is 14.0. The van der Waals surface area contributed by atoms with Crippen LogP contribution < -0.4 is 10.2 Å². The predicted molar refractivity (Wildman–Crippen MR) is 110 cm³/mol. The van der Waals surface area contributed by atoms with E-state index in [1.54, 1.807) is 0 Å². The molecule has 1 aliphatic heterocycles. The molecule has 1 N–H and O–H groups in total. The molecule has 1 fully saturated rings. The van der Waals surface area contributed by atoms with Crippen molar-refractivity contribution < 1.29 is 13.2 Å². The Morgan fingerprint density at radius 2 is 1.86 bits per heavy atom. The van der Waals surface area contributed by atoms with E-state index in [1.165, 1.54) is 9.87 Å². The predicted octanol–water partition coefficient (Wildman–Crippen LogP) is 2.34. The number of hydrogen-bond acceptors (Lipinski definition) is 7. The molecule has 2 heterocycles. The van der Waals surface area contributed by atoms with Crippen molar-refractivity contribution >= 4 is 38.1 Å². The maximum Gasteiger partial charge on any atom is 0.272 e. The summed E-state index contributed by atoms with van der Waals surface area (Å²) in [7, 11) is -3.72.